The molecule has 302 valence electrons. The average molecular weight is 754 g/mol. The topological polar surface area (TPSA) is 212 Å². The summed E-state index contributed by atoms with van der Waals surface area (Å²) in [6.45, 7) is 3.06. The van der Waals surface area contributed by atoms with Crippen LogP contribution in [0.1, 0.15) is 155 Å². The second kappa shape index (κ2) is 29.2. The van der Waals surface area contributed by atoms with E-state index in [0.717, 1.165) is 38.5 Å². The Hall–Kier alpha value is -1.20. The third kappa shape index (κ3) is 22.6. The number of amides is 1. The molecule has 51 heavy (non-hydrogen) atoms. The van der Waals surface area contributed by atoms with Gasteiger partial charge in [-0.2, -0.15) is 8.42 Å². The third-order valence-corrected chi connectivity index (χ3v) is 9.89. The van der Waals surface area contributed by atoms with Gasteiger partial charge in [-0.3, -0.25) is 9.35 Å². The first-order valence-electron chi connectivity index (χ1n) is 19.7. The van der Waals surface area contributed by atoms with Crippen LogP contribution in [0.5, 0.6) is 0 Å². The number of nitrogens with one attached hydrogen (secondary N) is 1. The molecule has 1 aliphatic heterocycles. The van der Waals surface area contributed by atoms with Crippen molar-refractivity contribution in [3.63, 3.8) is 0 Å². The van der Waals surface area contributed by atoms with Crippen LogP contribution in [0.4, 0.5) is 0 Å². The standard InChI is InChI=1S/C37H71NO12S/c1-3-5-7-9-10-11-12-13-14-15-16-17-18-19-20-22-24-26-31(41)36(44)38-29(30(40)25-23-21-8-6-4-2)28-48-37-34(43)35(50-51(45,46)47)33(42)32(27-39)49-37/h23,25,29-35,37,39-43H,3-22,24,26-28H2,1-2H3,(H,38,44)(H,45,46,47)/b25-23+. The highest BCUT2D eigenvalue weighted by molar-refractivity contribution is 7.80. The number of hydrogen-bond donors (Lipinski definition) is 7. The molecule has 0 aromatic heterocycles. The van der Waals surface area contributed by atoms with E-state index in [1.807, 2.05) is 0 Å². The minimum Gasteiger partial charge on any atom is -0.394 e. The van der Waals surface area contributed by atoms with E-state index in [1.165, 1.54) is 89.5 Å². The molecule has 1 heterocycles. The van der Waals surface area contributed by atoms with Gasteiger partial charge in [0.25, 0.3) is 0 Å². The van der Waals surface area contributed by atoms with E-state index < -0.39 is 78.5 Å². The first kappa shape index (κ1) is 47.8. The lowest BCUT2D eigenvalue weighted by molar-refractivity contribution is -0.298. The molecule has 0 aromatic rings. The van der Waals surface area contributed by atoms with Crippen molar-refractivity contribution in [3.05, 3.63) is 12.2 Å². The number of carbonyl (C=O) groups excluding carboxylic acids is 1. The van der Waals surface area contributed by atoms with Gasteiger partial charge in [0, 0.05) is 0 Å². The van der Waals surface area contributed by atoms with Crippen molar-refractivity contribution in [1.82, 2.24) is 5.32 Å². The van der Waals surface area contributed by atoms with Crippen LogP contribution in [0.15, 0.2) is 12.2 Å². The van der Waals surface area contributed by atoms with E-state index >= 15 is 0 Å². The van der Waals surface area contributed by atoms with Crippen LogP contribution >= 0.6 is 0 Å². The van der Waals surface area contributed by atoms with Crippen molar-refractivity contribution >= 4 is 16.3 Å². The van der Waals surface area contributed by atoms with E-state index in [0.29, 0.717) is 12.8 Å². The summed E-state index contributed by atoms with van der Waals surface area (Å²) in [6, 6.07) is -1.11. The van der Waals surface area contributed by atoms with Crippen LogP contribution < -0.4 is 5.32 Å². The van der Waals surface area contributed by atoms with Crippen molar-refractivity contribution < 1.29 is 57.0 Å². The smallest absolute Gasteiger partial charge is 0.394 e. The molecule has 1 amide bonds. The van der Waals surface area contributed by atoms with Crippen molar-refractivity contribution in [2.45, 2.75) is 204 Å². The molecule has 0 aliphatic carbocycles. The van der Waals surface area contributed by atoms with Gasteiger partial charge in [0.1, 0.15) is 30.5 Å². The predicted octanol–water partition coefficient (Wildman–Crippen LogP) is 5.01. The summed E-state index contributed by atoms with van der Waals surface area (Å²) in [5, 5.41) is 54.5. The fourth-order valence-electron chi connectivity index (χ4n) is 6.22. The quantitative estimate of drug-likeness (QED) is 0.0274. The average Bonchev–Trinajstić information content (AvgIpc) is 3.09. The van der Waals surface area contributed by atoms with E-state index in [2.05, 4.69) is 23.3 Å². The SMILES string of the molecule is CCCCC/C=C/C(O)C(COC1OC(CO)C(O)C(OS(=O)(=O)O)C1O)NC(=O)C(O)CCCCCCCCCCCCCCCCCCC. The third-order valence-electron chi connectivity index (χ3n) is 9.43. The van der Waals surface area contributed by atoms with Crippen LogP contribution in [0, 0.1) is 0 Å². The van der Waals surface area contributed by atoms with Gasteiger partial charge >= 0.3 is 10.4 Å². The number of hydrogen-bond acceptors (Lipinski definition) is 11. The van der Waals surface area contributed by atoms with Gasteiger partial charge in [0.05, 0.1) is 25.4 Å². The maximum absolute atomic E-state index is 12.9. The molecule has 1 aliphatic rings. The van der Waals surface area contributed by atoms with Crippen LogP contribution in [-0.4, -0.2) is 107 Å². The maximum atomic E-state index is 12.9. The summed E-state index contributed by atoms with van der Waals surface area (Å²) in [7, 11) is -5.10. The van der Waals surface area contributed by atoms with Gasteiger partial charge in [0.2, 0.25) is 5.91 Å². The fraction of sp³-hybridized carbons (Fsp3) is 0.919. The normalized spacial score (nSPS) is 23.0. The summed E-state index contributed by atoms with van der Waals surface area (Å²) in [5.74, 6) is -0.708. The van der Waals surface area contributed by atoms with Gasteiger partial charge in [-0.05, 0) is 19.3 Å². The Balaban J connectivity index is 2.50. The van der Waals surface area contributed by atoms with Crippen molar-refractivity contribution in [2.75, 3.05) is 13.2 Å². The summed E-state index contributed by atoms with van der Waals surface area (Å²) in [4.78, 5) is 12.9. The van der Waals surface area contributed by atoms with E-state index in [-0.39, 0.29) is 6.42 Å². The van der Waals surface area contributed by atoms with Gasteiger partial charge in [-0.25, -0.2) is 4.18 Å². The lowest BCUT2D eigenvalue weighted by Crippen LogP contribution is -2.61. The van der Waals surface area contributed by atoms with Gasteiger partial charge in [-0.1, -0.05) is 148 Å². The highest BCUT2D eigenvalue weighted by Gasteiger charge is 2.48. The molecule has 0 saturated carbocycles. The number of unbranched alkanes of at least 4 members (excludes halogenated alkanes) is 19. The molecule has 8 atom stereocenters. The molecule has 0 radical (unpaired) electrons. The zero-order valence-electron chi connectivity index (χ0n) is 31.3. The molecule has 0 spiro atoms. The lowest BCUT2D eigenvalue weighted by Gasteiger charge is -2.41. The lowest BCUT2D eigenvalue weighted by atomic mass is 9.99. The first-order chi connectivity index (χ1) is 24.4. The highest BCUT2D eigenvalue weighted by atomic mass is 32.3. The molecule has 7 N–H and O–H groups in total. The Labute approximate surface area is 307 Å². The Morgan fingerprint density at radius 1 is 0.784 bits per heavy atom. The molecule has 14 heteroatoms. The molecule has 0 bridgehead atoms. The first-order valence-corrected chi connectivity index (χ1v) is 21.0. The Morgan fingerprint density at radius 3 is 1.76 bits per heavy atom. The fourth-order valence-corrected chi connectivity index (χ4v) is 6.73. The number of aliphatic hydroxyl groups excluding tert-OH is 5. The minimum absolute atomic E-state index is 0.246. The zero-order valence-corrected chi connectivity index (χ0v) is 32.1. The molecule has 1 saturated heterocycles. The number of allylic oxidation sites excluding steroid dienone is 1. The van der Waals surface area contributed by atoms with Crippen LogP contribution in [0.2, 0.25) is 0 Å². The predicted molar refractivity (Wildman–Crippen MR) is 196 cm³/mol. The summed E-state index contributed by atoms with van der Waals surface area (Å²) in [5.41, 5.74) is 0. The van der Waals surface area contributed by atoms with Gasteiger partial charge < -0.3 is 40.3 Å². The van der Waals surface area contributed by atoms with Crippen LogP contribution in [-0.2, 0) is 28.9 Å². The Bertz CT molecular complexity index is 1000. The summed E-state index contributed by atoms with van der Waals surface area (Å²) >= 11 is 0. The largest absolute Gasteiger partial charge is 0.397 e. The number of ether oxygens (including phenoxy) is 2. The Kier molecular flexibility index (Phi) is 27.4. The second-order valence-corrected chi connectivity index (χ2v) is 15.1. The molecule has 1 rings (SSSR count). The van der Waals surface area contributed by atoms with Crippen molar-refractivity contribution in [3.8, 4) is 0 Å². The maximum Gasteiger partial charge on any atom is 0.397 e. The minimum atomic E-state index is -5.10. The van der Waals surface area contributed by atoms with Crippen molar-refractivity contribution in [2.24, 2.45) is 0 Å². The summed E-state index contributed by atoms with van der Waals surface area (Å²) in [6.07, 6.45) is 16.7. The van der Waals surface area contributed by atoms with E-state index in [4.69, 9.17) is 14.0 Å². The summed E-state index contributed by atoms with van der Waals surface area (Å²) < 4.78 is 47.0. The highest BCUT2D eigenvalue weighted by Crippen LogP contribution is 2.26. The number of rotatable bonds is 32. The number of carbonyl (C=O) groups is 1. The molecular weight excluding hydrogens is 682 g/mol. The van der Waals surface area contributed by atoms with E-state index in [9.17, 15) is 38.7 Å². The molecule has 13 nitrogen and oxygen atoms in total. The Morgan fingerprint density at radius 2 is 1.27 bits per heavy atom. The molecule has 0 aromatic carbocycles. The van der Waals surface area contributed by atoms with Crippen LogP contribution in [0.3, 0.4) is 0 Å². The van der Waals surface area contributed by atoms with Crippen molar-refractivity contribution in [1.29, 1.82) is 0 Å². The number of aliphatic hydroxyl groups is 5. The monoisotopic (exact) mass is 753 g/mol. The van der Waals surface area contributed by atoms with Gasteiger partial charge in [-0.15, -0.1) is 0 Å². The molecular formula is C37H71NO12S. The zero-order chi connectivity index (χ0) is 37.9. The molecule has 1 fully saturated rings. The van der Waals surface area contributed by atoms with E-state index in [1.54, 1.807) is 6.08 Å². The van der Waals surface area contributed by atoms with Crippen LogP contribution in [0.25, 0.3) is 0 Å². The van der Waals surface area contributed by atoms with Gasteiger partial charge in [0.15, 0.2) is 6.29 Å². The second-order valence-electron chi connectivity index (χ2n) is 14.0. The molecule has 8 unspecified atom stereocenters.